The molecule has 0 unspecified atom stereocenters. The Labute approximate surface area is 130 Å². The van der Waals surface area contributed by atoms with E-state index in [2.05, 4.69) is 10.6 Å². The minimum atomic E-state index is -0.0623. The van der Waals surface area contributed by atoms with Gasteiger partial charge in [0.1, 0.15) is 0 Å². The number of carbonyl (C=O) groups excluding carboxylic acids is 3. The molecule has 0 aliphatic carbocycles. The van der Waals surface area contributed by atoms with Crippen molar-refractivity contribution >= 4 is 52.0 Å². The van der Waals surface area contributed by atoms with Gasteiger partial charge < -0.3 is 10.6 Å². The van der Waals surface area contributed by atoms with E-state index in [0.717, 1.165) is 6.54 Å². The lowest BCUT2D eigenvalue weighted by Crippen LogP contribution is -2.49. The lowest BCUT2D eigenvalue weighted by molar-refractivity contribution is -0.124. The number of thioether (sulfide) groups is 1. The maximum atomic E-state index is 11.5. The number of Topliss-reactive ketones (excluding diaryl/α,β-unsaturated/α-hetero) is 1. The molecule has 1 aliphatic rings. The number of nitrogens with one attached hydrogen (secondary N) is 2. The Kier molecular flexibility index (Phi) is 8.38. The highest BCUT2D eigenvalue weighted by Crippen LogP contribution is 2.01. The molecule has 0 saturated carbocycles. The first kappa shape index (κ1) is 16.7. The molecule has 2 N–H and O–H groups in total. The molecule has 0 radical (unpaired) electrons. The number of alkyl halides is 1. The van der Waals surface area contributed by atoms with Crippen LogP contribution >= 0.6 is 34.4 Å². The van der Waals surface area contributed by atoms with Gasteiger partial charge in [0.2, 0.25) is 11.8 Å². The summed E-state index contributed by atoms with van der Waals surface area (Å²) in [6.07, 6.45) is 0. The number of ketones is 1. The Morgan fingerprint density at radius 1 is 1.42 bits per heavy atom. The molecular formula is C11H18IN3O3S. The third-order valence-corrected chi connectivity index (χ3v) is 4.36. The summed E-state index contributed by atoms with van der Waals surface area (Å²) in [5.41, 5.74) is 0. The van der Waals surface area contributed by atoms with Crippen molar-refractivity contribution in [2.75, 3.05) is 48.7 Å². The molecule has 1 fully saturated rings. The van der Waals surface area contributed by atoms with Gasteiger partial charge in [0.05, 0.1) is 22.5 Å². The van der Waals surface area contributed by atoms with E-state index < -0.39 is 0 Å². The third kappa shape index (κ3) is 7.73. The fourth-order valence-corrected chi connectivity index (χ4v) is 2.94. The van der Waals surface area contributed by atoms with Gasteiger partial charge in [0.25, 0.3) is 0 Å². The number of carbonyl (C=O) groups is 3. The van der Waals surface area contributed by atoms with Crippen LogP contribution in [-0.2, 0) is 14.4 Å². The van der Waals surface area contributed by atoms with Crippen molar-refractivity contribution in [3.05, 3.63) is 0 Å². The summed E-state index contributed by atoms with van der Waals surface area (Å²) in [6, 6.07) is 0. The van der Waals surface area contributed by atoms with Crippen LogP contribution in [0.25, 0.3) is 0 Å². The number of nitrogens with zero attached hydrogens (tertiary/aromatic N) is 1. The van der Waals surface area contributed by atoms with Gasteiger partial charge in [-0.05, 0) is 0 Å². The number of rotatable bonds is 8. The summed E-state index contributed by atoms with van der Waals surface area (Å²) in [5, 5.41) is 5.54. The molecule has 2 amide bonds. The maximum Gasteiger partial charge on any atom is 0.234 e. The smallest absolute Gasteiger partial charge is 0.234 e. The van der Waals surface area contributed by atoms with Crippen LogP contribution in [0.4, 0.5) is 0 Å². The van der Waals surface area contributed by atoms with Crippen molar-refractivity contribution < 1.29 is 14.4 Å². The van der Waals surface area contributed by atoms with E-state index in [1.165, 1.54) is 11.8 Å². The minimum Gasteiger partial charge on any atom is -0.354 e. The summed E-state index contributed by atoms with van der Waals surface area (Å²) in [7, 11) is 0. The van der Waals surface area contributed by atoms with E-state index in [1.54, 1.807) is 0 Å². The molecule has 108 valence electrons. The van der Waals surface area contributed by atoms with Crippen LogP contribution < -0.4 is 10.6 Å². The molecule has 19 heavy (non-hydrogen) atoms. The second-order valence-electron chi connectivity index (χ2n) is 4.14. The average molecular weight is 399 g/mol. The Balaban J connectivity index is 2.03. The van der Waals surface area contributed by atoms with Crippen molar-refractivity contribution in [2.24, 2.45) is 0 Å². The number of amides is 2. The number of hydrogen-bond donors (Lipinski definition) is 2. The molecule has 0 aromatic rings. The Hall–Kier alpha value is -0.350. The van der Waals surface area contributed by atoms with Gasteiger partial charge in [0.15, 0.2) is 5.78 Å². The highest BCUT2D eigenvalue weighted by atomic mass is 127. The predicted molar refractivity (Wildman–Crippen MR) is 83.7 cm³/mol. The first-order valence-corrected chi connectivity index (χ1v) is 8.71. The zero-order chi connectivity index (χ0) is 14.1. The van der Waals surface area contributed by atoms with Crippen LogP contribution in [-0.4, -0.2) is 71.2 Å². The van der Waals surface area contributed by atoms with Crippen LogP contribution in [0.5, 0.6) is 0 Å². The molecule has 1 saturated heterocycles. The summed E-state index contributed by atoms with van der Waals surface area (Å²) < 4.78 is 0.489. The standard InChI is InChI=1S/C11H18IN3O3S/c12-5-9(16)7-19-8-11(18)14-2-4-15-3-1-13-10(17)6-15/h1-8H2,(H,13,17)(H,14,18). The highest BCUT2D eigenvalue weighted by Gasteiger charge is 2.15. The van der Waals surface area contributed by atoms with Crippen LogP contribution in [0, 0.1) is 0 Å². The fraction of sp³-hybridized carbons (Fsp3) is 0.727. The monoisotopic (exact) mass is 399 g/mol. The molecule has 1 aliphatic heterocycles. The maximum absolute atomic E-state index is 11.5. The van der Waals surface area contributed by atoms with Gasteiger partial charge in [0, 0.05) is 26.2 Å². The number of hydrogen-bond acceptors (Lipinski definition) is 5. The Bertz CT molecular complexity index is 341. The van der Waals surface area contributed by atoms with Gasteiger partial charge in [-0.2, -0.15) is 0 Å². The largest absolute Gasteiger partial charge is 0.354 e. The molecule has 0 aromatic heterocycles. The fourth-order valence-electron chi connectivity index (χ4n) is 1.58. The van der Waals surface area contributed by atoms with E-state index >= 15 is 0 Å². The van der Waals surface area contributed by atoms with E-state index in [-0.39, 0.29) is 17.6 Å². The summed E-state index contributed by atoms with van der Waals surface area (Å²) in [4.78, 5) is 35.6. The van der Waals surface area contributed by atoms with E-state index in [1.807, 2.05) is 27.5 Å². The molecule has 0 bridgehead atoms. The molecule has 8 heteroatoms. The lowest BCUT2D eigenvalue weighted by Gasteiger charge is -2.26. The Morgan fingerprint density at radius 3 is 2.89 bits per heavy atom. The quantitative estimate of drug-likeness (QED) is 0.416. The number of halogens is 1. The summed E-state index contributed by atoms with van der Waals surface area (Å²) >= 11 is 3.35. The van der Waals surface area contributed by atoms with E-state index in [4.69, 9.17) is 0 Å². The third-order valence-electron chi connectivity index (χ3n) is 2.51. The van der Waals surface area contributed by atoms with Gasteiger partial charge in [-0.3, -0.25) is 19.3 Å². The van der Waals surface area contributed by atoms with Crippen LogP contribution in [0.2, 0.25) is 0 Å². The predicted octanol–water partition coefficient (Wildman–Crippen LogP) is -0.728. The topological polar surface area (TPSA) is 78.5 Å². The zero-order valence-electron chi connectivity index (χ0n) is 10.6. The second kappa shape index (κ2) is 9.54. The van der Waals surface area contributed by atoms with Crippen molar-refractivity contribution in [1.29, 1.82) is 0 Å². The van der Waals surface area contributed by atoms with Crippen molar-refractivity contribution in [3.8, 4) is 0 Å². The van der Waals surface area contributed by atoms with E-state index in [0.29, 0.717) is 42.1 Å². The minimum absolute atomic E-state index is 0.0328. The molecular weight excluding hydrogens is 381 g/mol. The molecule has 6 nitrogen and oxygen atoms in total. The molecule has 0 spiro atoms. The van der Waals surface area contributed by atoms with Crippen molar-refractivity contribution in [1.82, 2.24) is 15.5 Å². The van der Waals surface area contributed by atoms with Crippen LogP contribution in [0.15, 0.2) is 0 Å². The highest BCUT2D eigenvalue weighted by molar-refractivity contribution is 14.1. The molecule has 0 aromatic carbocycles. The van der Waals surface area contributed by atoms with Crippen LogP contribution in [0.3, 0.4) is 0 Å². The van der Waals surface area contributed by atoms with Crippen LogP contribution in [0.1, 0.15) is 0 Å². The van der Waals surface area contributed by atoms with Gasteiger partial charge in [-0.25, -0.2) is 0 Å². The average Bonchev–Trinajstić information content (AvgIpc) is 2.38. The van der Waals surface area contributed by atoms with E-state index in [9.17, 15) is 14.4 Å². The van der Waals surface area contributed by atoms with Gasteiger partial charge in [-0.1, -0.05) is 22.6 Å². The summed E-state index contributed by atoms with van der Waals surface area (Å²) in [6.45, 7) is 3.10. The van der Waals surface area contributed by atoms with Crippen molar-refractivity contribution in [3.63, 3.8) is 0 Å². The Morgan fingerprint density at radius 2 is 2.21 bits per heavy atom. The normalized spacial score (nSPS) is 15.9. The van der Waals surface area contributed by atoms with Gasteiger partial charge in [-0.15, -0.1) is 11.8 Å². The molecule has 1 rings (SSSR count). The lowest BCUT2D eigenvalue weighted by atomic mass is 10.3. The first-order chi connectivity index (χ1) is 9.11. The van der Waals surface area contributed by atoms with Gasteiger partial charge >= 0.3 is 0 Å². The molecule has 1 heterocycles. The second-order valence-corrected chi connectivity index (χ2v) is 5.89. The SMILES string of the molecule is O=C(CI)CSCC(=O)NCCN1CCNC(=O)C1. The first-order valence-electron chi connectivity index (χ1n) is 6.03. The van der Waals surface area contributed by atoms with Crippen molar-refractivity contribution in [2.45, 2.75) is 0 Å². The summed E-state index contributed by atoms with van der Waals surface area (Å²) in [5.74, 6) is 0.821. The zero-order valence-corrected chi connectivity index (χ0v) is 13.6. The molecule has 0 atom stereocenters. The number of piperazine rings is 1.